The summed E-state index contributed by atoms with van der Waals surface area (Å²) in [6, 6.07) is 67.0. The summed E-state index contributed by atoms with van der Waals surface area (Å²) in [6.45, 7) is 4.81. The van der Waals surface area contributed by atoms with E-state index < -0.39 is 0 Å². The van der Waals surface area contributed by atoms with Crippen LogP contribution < -0.4 is 4.90 Å². The zero-order valence-corrected chi connectivity index (χ0v) is 34.9. The summed E-state index contributed by atoms with van der Waals surface area (Å²) in [5, 5.41) is 2.69. The number of hydrogen-bond acceptors (Lipinski definition) is 2. The molecular weight excluding hydrogens is 743 g/mol. The highest BCUT2D eigenvalue weighted by atomic mass is 32.1. The van der Waals surface area contributed by atoms with Gasteiger partial charge in [0.2, 0.25) is 0 Å². The molecule has 1 aromatic heterocycles. The van der Waals surface area contributed by atoms with Crippen LogP contribution in [-0.4, -0.2) is 0 Å². The van der Waals surface area contributed by atoms with Crippen molar-refractivity contribution in [2.45, 2.75) is 50.4 Å². The topological polar surface area (TPSA) is 3.24 Å². The lowest BCUT2D eigenvalue weighted by Gasteiger charge is -2.37. The lowest BCUT2D eigenvalue weighted by molar-refractivity contribution is 0.327. The van der Waals surface area contributed by atoms with Crippen molar-refractivity contribution >= 4 is 48.6 Å². The fraction of sp³-hybridized carbons (Fsp3) is 0.172. The highest BCUT2D eigenvalue weighted by molar-refractivity contribution is 7.25. The number of thiophene rings is 1. The Balaban J connectivity index is 1.02. The Labute approximate surface area is 356 Å². The number of benzene rings is 8. The SMILES string of the molecule is CC1(C)c2ccccc2-c2cccc(-c3ccccc3N(c3ccc(-c4cccc5sc6ccccc6c45)cc3)c3ccc4c(c3)C3(CC5CCC3C5)c3ccccc3-4)c21. The van der Waals surface area contributed by atoms with E-state index in [1.807, 2.05) is 11.3 Å². The quantitative estimate of drug-likeness (QED) is 0.168. The first-order valence-corrected chi connectivity index (χ1v) is 22.7. The fourth-order valence-corrected chi connectivity index (χ4v) is 13.9. The fourth-order valence-electron chi connectivity index (χ4n) is 12.7. The molecule has 2 fully saturated rings. The summed E-state index contributed by atoms with van der Waals surface area (Å²) >= 11 is 1.89. The molecular formula is C58H45NS. The van der Waals surface area contributed by atoms with Crippen LogP contribution in [0.3, 0.4) is 0 Å². The van der Waals surface area contributed by atoms with Gasteiger partial charge in [0.15, 0.2) is 0 Å². The third-order valence-electron chi connectivity index (χ3n) is 15.1. The van der Waals surface area contributed by atoms with Gasteiger partial charge in [-0.2, -0.15) is 0 Å². The Morgan fingerprint density at radius 3 is 1.92 bits per heavy atom. The first-order chi connectivity index (χ1) is 29.5. The molecule has 8 aromatic carbocycles. The molecule has 4 aliphatic carbocycles. The van der Waals surface area contributed by atoms with Gasteiger partial charge in [0.25, 0.3) is 0 Å². The van der Waals surface area contributed by atoms with Crippen LogP contribution in [0.5, 0.6) is 0 Å². The summed E-state index contributed by atoms with van der Waals surface area (Å²) in [7, 11) is 0. The molecule has 288 valence electrons. The Kier molecular flexibility index (Phi) is 7.30. The number of fused-ring (bicyclic) bond motifs is 14. The van der Waals surface area contributed by atoms with Crippen molar-refractivity contribution in [2.24, 2.45) is 11.8 Å². The molecule has 0 aliphatic heterocycles. The van der Waals surface area contributed by atoms with Crippen molar-refractivity contribution in [3.8, 4) is 44.5 Å². The monoisotopic (exact) mass is 787 g/mol. The standard InChI is InChI=1S/C58H45NS/c1-57(2)49-20-7-3-14-43(49)46-18-11-19-47(56(46)57)45-15-5-9-22-52(45)59(39-29-26-37(27-30-39)41-17-12-24-54-55(41)48-16-6-10-23-53(48)60-54)40-31-32-44-42-13-4-8-21-50(42)58(51(44)34-40)35-36-25-28-38(58)33-36/h3-24,26-27,29-32,34,36,38H,25,28,33,35H2,1-2H3. The van der Waals surface area contributed by atoms with Crippen molar-refractivity contribution in [1.82, 2.24) is 0 Å². The molecule has 0 radical (unpaired) electrons. The number of anilines is 3. The second-order valence-electron chi connectivity index (χ2n) is 18.4. The molecule has 60 heavy (non-hydrogen) atoms. The highest BCUT2D eigenvalue weighted by Crippen LogP contribution is 2.66. The van der Waals surface area contributed by atoms with Crippen LogP contribution in [0.2, 0.25) is 0 Å². The van der Waals surface area contributed by atoms with Crippen molar-refractivity contribution in [1.29, 1.82) is 0 Å². The average Bonchev–Trinajstić information content (AvgIpc) is 4.11. The van der Waals surface area contributed by atoms with Crippen LogP contribution in [0.4, 0.5) is 17.1 Å². The second-order valence-corrected chi connectivity index (χ2v) is 19.5. The number of nitrogens with zero attached hydrogens (tertiary/aromatic N) is 1. The van der Waals surface area contributed by atoms with Crippen LogP contribution in [-0.2, 0) is 10.8 Å². The lowest BCUT2D eigenvalue weighted by atomic mass is 9.67. The third kappa shape index (κ3) is 4.69. The molecule has 2 saturated carbocycles. The van der Waals surface area contributed by atoms with E-state index in [1.54, 1.807) is 11.1 Å². The molecule has 9 aromatic rings. The van der Waals surface area contributed by atoms with E-state index >= 15 is 0 Å². The van der Waals surface area contributed by atoms with E-state index in [-0.39, 0.29) is 10.8 Å². The summed E-state index contributed by atoms with van der Waals surface area (Å²) in [5.74, 6) is 1.52. The highest BCUT2D eigenvalue weighted by Gasteiger charge is 2.56. The molecule has 2 bridgehead atoms. The van der Waals surface area contributed by atoms with Crippen molar-refractivity contribution in [3.63, 3.8) is 0 Å². The largest absolute Gasteiger partial charge is 0.310 e. The molecule has 0 N–H and O–H groups in total. The predicted molar refractivity (Wildman–Crippen MR) is 254 cm³/mol. The summed E-state index contributed by atoms with van der Waals surface area (Å²) in [4.78, 5) is 2.57. The molecule has 3 atom stereocenters. The van der Waals surface area contributed by atoms with Crippen LogP contribution in [0.25, 0.3) is 64.7 Å². The molecule has 1 spiro atoms. The molecule has 1 nitrogen and oxygen atoms in total. The third-order valence-corrected chi connectivity index (χ3v) is 16.3. The van der Waals surface area contributed by atoms with E-state index in [9.17, 15) is 0 Å². The van der Waals surface area contributed by atoms with E-state index in [0.717, 1.165) is 5.92 Å². The Morgan fingerprint density at radius 2 is 1.12 bits per heavy atom. The minimum atomic E-state index is -0.136. The maximum Gasteiger partial charge on any atom is 0.0540 e. The van der Waals surface area contributed by atoms with Gasteiger partial charge in [-0.1, -0.05) is 154 Å². The van der Waals surface area contributed by atoms with Gasteiger partial charge < -0.3 is 4.90 Å². The van der Waals surface area contributed by atoms with Gasteiger partial charge in [-0.3, -0.25) is 0 Å². The zero-order valence-electron chi connectivity index (χ0n) is 34.1. The van der Waals surface area contributed by atoms with E-state index in [1.165, 1.54) is 119 Å². The lowest BCUT2D eigenvalue weighted by Crippen LogP contribution is -2.32. The molecule has 1 heterocycles. The van der Waals surface area contributed by atoms with Gasteiger partial charge in [0, 0.05) is 47.9 Å². The first-order valence-electron chi connectivity index (χ1n) is 21.9. The summed E-state index contributed by atoms with van der Waals surface area (Å²) < 4.78 is 2.67. The van der Waals surface area contributed by atoms with Gasteiger partial charge in [-0.15, -0.1) is 11.3 Å². The minimum Gasteiger partial charge on any atom is -0.310 e. The van der Waals surface area contributed by atoms with Crippen molar-refractivity contribution in [2.75, 3.05) is 4.90 Å². The molecule has 3 unspecified atom stereocenters. The van der Waals surface area contributed by atoms with Crippen molar-refractivity contribution < 1.29 is 0 Å². The number of hydrogen-bond donors (Lipinski definition) is 0. The molecule has 0 saturated heterocycles. The minimum absolute atomic E-state index is 0.0952. The summed E-state index contributed by atoms with van der Waals surface area (Å²) in [5.41, 5.74) is 20.2. The smallest absolute Gasteiger partial charge is 0.0540 e. The first kappa shape index (κ1) is 34.6. The van der Waals surface area contributed by atoms with E-state index in [0.29, 0.717) is 5.92 Å². The Bertz CT molecular complexity index is 3220. The molecule has 13 rings (SSSR count). The number of rotatable bonds is 5. The van der Waals surface area contributed by atoms with E-state index in [4.69, 9.17) is 0 Å². The van der Waals surface area contributed by atoms with E-state index in [2.05, 4.69) is 195 Å². The predicted octanol–water partition coefficient (Wildman–Crippen LogP) is 16.3. The maximum absolute atomic E-state index is 2.61. The normalized spacial score (nSPS) is 20.1. The maximum atomic E-state index is 2.61. The number of para-hydroxylation sites is 1. The second kappa shape index (κ2) is 12.6. The Morgan fingerprint density at radius 1 is 0.500 bits per heavy atom. The van der Waals surface area contributed by atoms with Gasteiger partial charge >= 0.3 is 0 Å². The molecule has 2 heteroatoms. The van der Waals surface area contributed by atoms with Crippen LogP contribution in [0.1, 0.15) is 61.8 Å². The van der Waals surface area contributed by atoms with Gasteiger partial charge in [-0.05, 0) is 135 Å². The van der Waals surface area contributed by atoms with Gasteiger partial charge in [0.05, 0.1) is 5.69 Å². The van der Waals surface area contributed by atoms with Crippen LogP contribution in [0.15, 0.2) is 176 Å². The van der Waals surface area contributed by atoms with Crippen molar-refractivity contribution in [3.05, 3.63) is 198 Å². The van der Waals surface area contributed by atoms with Gasteiger partial charge in [-0.25, -0.2) is 0 Å². The van der Waals surface area contributed by atoms with Crippen LogP contribution >= 0.6 is 11.3 Å². The van der Waals surface area contributed by atoms with Crippen LogP contribution in [0, 0.1) is 11.8 Å². The zero-order chi connectivity index (χ0) is 39.7. The Hall–Kier alpha value is -6.22. The molecule has 0 amide bonds. The molecule has 4 aliphatic rings. The average molecular weight is 788 g/mol. The van der Waals surface area contributed by atoms with Gasteiger partial charge in [0.1, 0.15) is 0 Å². The summed E-state index contributed by atoms with van der Waals surface area (Å²) in [6.07, 6.45) is 5.34.